The maximum Gasteiger partial charge on any atom is 0.310 e. The van der Waals surface area contributed by atoms with Crippen LogP contribution in [-0.2, 0) is 4.79 Å². The normalized spacial score (nSPS) is 13.2. The van der Waals surface area contributed by atoms with Crippen molar-refractivity contribution >= 4 is 16.9 Å². The molecule has 0 aliphatic carbocycles. The van der Waals surface area contributed by atoms with Gasteiger partial charge in [-0.05, 0) is 18.4 Å². The monoisotopic (exact) mass is 232 g/mol. The van der Waals surface area contributed by atoms with Gasteiger partial charge in [-0.1, -0.05) is 32.0 Å². The second-order valence-electron chi connectivity index (χ2n) is 4.60. The lowest BCUT2D eigenvalue weighted by atomic mass is 9.97. The van der Waals surface area contributed by atoms with Crippen LogP contribution >= 0.6 is 0 Å². The number of H-pyrrole nitrogens is 1. The van der Waals surface area contributed by atoms with E-state index in [0.29, 0.717) is 5.92 Å². The number of carboxylic acids is 1. The number of hydrogen-bond donors (Lipinski definition) is 2. The van der Waals surface area contributed by atoms with E-state index in [4.69, 9.17) is 5.11 Å². The molecule has 0 aliphatic rings. The summed E-state index contributed by atoms with van der Waals surface area (Å²) in [5, 5.41) is 17.4. The number of carbonyl (C=O) groups is 1. The molecule has 1 heterocycles. The van der Waals surface area contributed by atoms with Crippen LogP contribution in [0.25, 0.3) is 10.9 Å². The number of nitrogens with one attached hydrogen (secondary N) is 1. The summed E-state index contributed by atoms with van der Waals surface area (Å²) in [6.07, 6.45) is 0. The molecule has 0 amide bonds. The average molecular weight is 232 g/mol. The van der Waals surface area contributed by atoms with Gasteiger partial charge in [-0.3, -0.25) is 9.89 Å². The van der Waals surface area contributed by atoms with Crippen molar-refractivity contribution in [3.05, 3.63) is 29.5 Å². The maximum atomic E-state index is 11.0. The molecule has 2 aromatic rings. The lowest BCUT2D eigenvalue weighted by molar-refractivity contribution is -0.138. The molecule has 1 aromatic heterocycles. The Morgan fingerprint density at radius 3 is 2.65 bits per heavy atom. The minimum Gasteiger partial charge on any atom is -0.481 e. The van der Waals surface area contributed by atoms with Gasteiger partial charge in [-0.25, -0.2) is 0 Å². The number of carboxylic acid groups (broad SMARTS) is 1. The van der Waals surface area contributed by atoms with E-state index < -0.39 is 11.9 Å². The number of rotatable bonds is 3. The van der Waals surface area contributed by atoms with E-state index in [1.54, 1.807) is 6.92 Å². The van der Waals surface area contributed by atoms with Crippen LogP contribution in [0.15, 0.2) is 18.2 Å². The average Bonchev–Trinajstić information content (AvgIpc) is 2.71. The van der Waals surface area contributed by atoms with E-state index in [-0.39, 0.29) is 0 Å². The van der Waals surface area contributed by atoms with E-state index in [2.05, 4.69) is 24.0 Å². The quantitative estimate of drug-likeness (QED) is 0.855. The summed E-state index contributed by atoms with van der Waals surface area (Å²) < 4.78 is 0. The molecule has 90 valence electrons. The Labute approximate surface area is 99.7 Å². The molecule has 0 radical (unpaired) electrons. The SMILES string of the molecule is CC(C)c1[nH]nc2c(C(C)C(=O)O)cccc12. The number of para-hydroxylation sites is 1. The molecule has 0 saturated heterocycles. The molecule has 0 aliphatic heterocycles. The second kappa shape index (κ2) is 4.20. The van der Waals surface area contributed by atoms with Gasteiger partial charge in [0.15, 0.2) is 0 Å². The highest BCUT2D eigenvalue weighted by Crippen LogP contribution is 2.28. The van der Waals surface area contributed by atoms with Gasteiger partial charge >= 0.3 is 5.97 Å². The summed E-state index contributed by atoms with van der Waals surface area (Å²) in [5.41, 5.74) is 2.59. The van der Waals surface area contributed by atoms with Crippen LogP contribution in [-0.4, -0.2) is 21.3 Å². The van der Waals surface area contributed by atoms with Crippen molar-refractivity contribution in [3.8, 4) is 0 Å². The zero-order chi connectivity index (χ0) is 12.6. The van der Waals surface area contributed by atoms with Gasteiger partial charge in [0.25, 0.3) is 0 Å². The molecular formula is C13H16N2O2. The molecule has 2 N–H and O–H groups in total. The number of aromatic amines is 1. The van der Waals surface area contributed by atoms with Crippen molar-refractivity contribution in [2.24, 2.45) is 0 Å². The molecule has 0 saturated carbocycles. The topological polar surface area (TPSA) is 66.0 Å². The van der Waals surface area contributed by atoms with Crippen LogP contribution in [0.2, 0.25) is 0 Å². The van der Waals surface area contributed by atoms with Gasteiger partial charge in [0.2, 0.25) is 0 Å². The third-order valence-electron chi connectivity index (χ3n) is 3.06. The molecule has 0 fully saturated rings. The molecule has 17 heavy (non-hydrogen) atoms. The number of benzene rings is 1. The van der Waals surface area contributed by atoms with Crippen molar-refractivity contribution in [2.45, 2.75) is 32.6 Å². The molecule has 1 atom stereocenters. The smallest absolute Gasteiger partial charge is 0.310 e. The summed E-state index contributed by atoms with van der Waals surface area (Å²) in [7, 11) is 0. The third kappa shape index (κ3) is 1.90. The van der Waals surface area contributed by atoms with Crippen LogP contribution < -0.4 is 0 Å². The summed E-state index contributed by atoms with van der Waals surface area (Å²) in [6, 6.07) is 5.69. The fourth-order valence-corrected chi connectivity index (χ4v) is 2.00. The van der Waals surface area contributed by atoms with Crippen molar-refractivity contribution in [3.63, 3.8) is 0 Å². The van der Waals surface area contributed by atoms with Crippen LogP contribution in [0.4, 0.5) is 0 Å². The first-order valence-electron chi connectivity index (χ1n) is 5.72. The predicted molar refractivity (Wildman–Crippen MR) is 66.2 cm³/mol. The molecule has 1 aromatic carbocycles. The second-order valence-corrected chi connectivity index (χ2v) is 4.60. The highest BCUT2D eigenvalue weighted by Gasteiger charge is 2.19. The first-order chi connectivity index (χ1) is 8.02. The van der Waals surface area contributed by atoms with E-state index in [1.807, 2.05) is 18.2 Å². The maximum absolute atomic E-state index is 11.0. The van der Waals surface area contributed by atoms with Crippen molar-refractivity contribution < 1.29 is 9.90 Å². The summed E-state index contributed by atoms with van der Waals surface area (Å²) >= 11 is 0. The Balaban J connectivity index is 2.63. The predicted octanol–water partition coefficient (Wildman–Crippen LogP) is 2.87. The molecule has 4 nitrogen and oxygen atoms in total. The zero-order valence-electron chi connectivity index (χ0n) is 10.2. The minimum absolute atomic E-state index is 0.343. The van der Waals surface area contributed by atoms with E-state index in [1.165, 1.54) is 0 Å². The summed E-state index contributed by atoms with van der Waals surface area (Å²) in [4.78, 5) is 11.0. The highest BCUT2D eigenvalue weighted by molar-refractivity contribution is 5.89. The molecule has 1 unspecified atom stereocenters. The molecule has 2 rings (SSSR count). The number of aliphatic carboxylic acids is 1. The molecular weight excluding hydrogens is 216 g/mol. The van der Waals surface area contributed by atoms with Crippen LogP contribution in [0, 0.1) is 0 Å². The Hall–Kier alpha value is -1.84. The Morgan fingerprint density at radius 2 is 2.06 bits per heavy atom. The number of hydrogen-bond acceptors (Lipinski definition) is 2. The Morgan fingerprint density at radius 1 is 1.35 bits per heavy atom. The lowest BCUT2D eigenvalue weighted by Crippen LogP contribution is -2.07. The highest BCUT2D eigenvalue weighted by atomic mass is 16.4. The van der Waals surface area contributed by atoms with Crippen molar-refractivity contribution in [1.82, 2.24) is 10.2 Å². The van der Waals surface area contributed by atoms with Crippen LogP contribution in [0.3, 0.4) is 0 Å². The van der Waals surface area contributed by atoms with Crippen molar-refractivity contribution in [1.29, 1.82) is 0 Å². The minimum atomic E-state index is -0.827. The van der Waals surface area contributed by atoms with Gasteiger partial charge in [-0.2, -0.15) is 5.10 Å². The van der Waals surface area contributed by atoms with Gasteiger partial charge in [-0.15, -0.1) is 0 Å². The van der Waals surface area contributed by atoms with Crippen molar-refractivity contribution in [2.75, 3.05) is 0 Å². The number of aromatic nitrogens is 2. The van der Waals surface area contributed by atoms with E-state index >= 15 is 0 Å². The fraction of sp³-hybridized carbons (Fsp3) is 0.385. The van der Waals surface area contributed by atoms with Gasteiger partial charge in [0, 0.05) is 11.1 Å². The van der Waals surface area contributed by atoms with Gasteiger partial charge in [0.05, 0.1) is 11.4 Å². The number of fused-ring (bicyclic) bond motifs is 1. The van der Waals surface area contributed by atoms with Gasteiger partial charge < -0.3 is 5.11 Å². The largest absolute Gasteiger partial charge is 0.481 e. The Kier molecular flexibility index (Phi) is 2.88. The van der Waals surface area contributed by atoms with E-state index in [9.17, 15) is 4.79 Å². The van der Waals surface area contributed by atoms with Gasteiger partial charge in [0.1, 0.15) is 0 Å². The summed E-state index contributed by atoms with van der Waals surface area (Å²) in [6.45, 7) is 5.85. The third-order valence-corrected chi connectivity index (χ3v) is 3.06. The van der Waals surface area contributed by atoms with Crippen LogP contribution in [0.1, 0.15) is 43.9 Å². The van der Waals surface area contributed by atoms with Crippen LogP contribution in [0.5, 0.6) is 0 Å². The first-order valence-corrected chi connectivity index (χ1v) is 5.72. The standard InChI is InChI=1S/C13H16N2O2/c1-7(2)11-10-6-4-5-9(8(3)13(16)17)12(10)15-14-11/h4-8H,1-3H3,(H,14,15)(H,16,17). The molecule has 0 bridgehead atoms. The molecule has 0 spiro atoms. The summed E-state index contributed by atoms with van der Waals surface area (Å²) in [5.74, 6) is -1.02. The van der Waals surface area contributed by atoms with E-state index in [0.717, 1.165) is 22.2 Å². The first kappa shape index (κ1) is 11.6. The fourth-order valence-electron chi connectivity index (χ4n) is 2.00. The molecule has 4 heteroatoms. The Bertz CT molecular complexity index is 558. The number of nitrogens with zero attached hydrogens (tertiary/aromatic N) is 1. The zero-order valence-corrected chi connectivity index (χ0v) is 10.2. The lowest BCUT2D eigenvalue weighted by Gasteiger charge is -2.07.